The maximum atomic E-state index is 12.4. The van der Waals surface area contributed by atoms with Crippen LogP contribution in [-0.2, 0) is 0 Å². The molecular weight excluding hydrogens is 284 g/mol. The Morgan fingerprint density at radius 1 is 1.41 bits per heavy atom. The summed E-state index contributed by atoms with van der Waals surface area (Å²) in [5.74, 6) is -0.285. The Morgan fingerprint density at radius 2 is 2.18 bits per heavy atom. The first-order valence-electron chi connectivity index (χ1n) is 7.34. The maximum Gasteiger partial charge on any atom is 0.341 e. The molecule has 0 saturated carbocycles. The average molecular weight is 302 g/mol. The number of H-pyrrole nitrogens is 2. The van der Waals surface area contributed by atoms with Crippen LogP contribution in [0.5, 0.6) is 0 Å². The first kappa shape index (κ1) is 14.5. The predicted molar refractivity (Wildman–Crippen MR) is 79.3 cm³/mol. The van der Waals surface area contributed by atoms with E-state index in [0.717, 1.165) is 18.4 Å². The highest BCUT2D eigenvalue weighted by Gasteiger charge is 2.32. The van der Waals surface area contributed by atoms with Crippen molar-refractivity contribution in [2.45, 2.75) is 31.4 Å². The summed E-state index contributed by atoms with van der Waals surface area (Å²) in [7, 11) is 0. The highest BCUT2D eigenvalue weighted by Crippen LogP contribution is 2.28. The van der Waals surface area contributed by atoms with Crippen molar-refractivity contribution in [3.05, 3.63) is 52.2 Å². The molecule has 116 valence electrons. The molecule has 1 saturated heterocycles. The summed E-state index contributed by atoms with van der Waals surface area (Å²) in [5, 5.41) is 16.2. The molecule has 1 aromatic heterocycles. The number of aromatic nitrogens is 3. The van der Waals surface area contributed by atoms with E-state index < -0.39 is 11.8 Å². The molecule has 7 heteroatoms. The van der Waals surface area contributed by atoms with E-state index in [4.69, 9.17) is 0 Å². The molecule has 1 fully saturated rings. The third-order valence-corrected chi connectivity index (χ3v) is 4.02. The Balaban J connectivity index is 1.71. The number of rotatable bonds is 4. The van der Waals surface area contributed by atoms with E-state index in [9.17, 15) is 14.7 Å². The van der Waals surface area contributed by atoms with E-state index in [-0.39, 0.29) is 17.8 Å². The molecule has 0 radical (unpaired) electrons. The van der Waals surface area contributed by atoms with Gasteiger partial charge in [0.15, 0.2) is 0 Å². The summed E-state index contributed by atoms with van der Waals surface area (Å²) < 4.78 is 0. The topological polar surface area (TPSA) is 102 Å². The van der Waals surface area contributed by atoms with Gasteiger partial charge in [0, 0.05) is 12.6 Å². The minimum atomic E-state index is -0.613. The summed E-state index contributed by atoms with van der Waals surface area (Å²) in [5.41, 5.74) is 0.346. The van der Waals surface area contributed by atoms with Crippen molar-refractivity contribution in [3.63, 3.8) is 0 Å². The van der Waals surface area contributed by atoms with E-state index in [1.807, 2.05) is 30.3 Å². The van der Waals surface area contributed by atoms with Crippen LogP contribution in [0.1, 0.15) is 41.5 Å². The lowest BCUT2D eigenvalue weighted by Gasteiger charge is -2.25. The number of hydrogen-bond acceptors (Lipinski definition) is 4. The fraction of sp³-hybridized carbons (Fsp3) is 0.400. The molecule has 2 heterocycles. The van der Waals surface area contributed by atoms with Crippen LogP contribution in [0.3, 0.4) is 0 Å². The van der Waals surface area contributed by atoms with E-state index in [1.165, 1.54) is 0 Å². The second-order valence-electron chi connectivity index (χ2n) is 5.48. The molecule has 1 aromatic carbocycles. The van der Waals surface area contributed by atoms with Gasteiger partial charge < -0.3 is 10.0 Å². The predicted octanol–water partition coefficient (Wildman–Crippen LogP) is 0.826. The molecule has 0 spiro atoms. The Bertz CT molecular complexity index is 694. The molecule has 0 bridgehead atoms. The van der Waals surface area contributed by atoms with Crippen LogP contribution < -0.4 is 5.69 Å². The van der Waals surface area contributed by atoms with Crippen LogP contribution in [0.25, 0.3) is 0 Å². The van der Waals surface area contributed by atoms with E-state index in [2.05, 4.69) is 15.2 Å². The zero-order chi connectivity index (χ0) is 15.5. The van der Waals surface area contributed by atoms with E-state index in [1.54, 1.807) is 4.90 Å². The molecule has 0 aliphatic carbocycles. The number of amides is 1. The van der Waals surface area contributed by atoms with Crippen molar-refractivity contribution in [1.29, 1.82) is 0 Å². The fourth-order valence-electron chi connectivity index (χ4n) is 2.92. The second-order valence-corrected chi connectivity index (χ2v) is 5.48. The summed E-state index contributed by atoms with van der Waals surface area (Å²) in [6.07, 6.45) is 1.58. The Labute approximate surface area is 127 Å². The van der Waals surface area contributed by atoms with Gasteiger partial charge in [-0.3, -0.25) is 9.78 Å². The second kappa shape index (κ2) is 6.15. The summed E-state index contributed by atoms with van der Waals surface area (Å²) in [6.45, 7) is 0.611. The lowest BCUT2D eigenvalue weighted by atomic mass is 10.0. The summed E-state index contributed by atoms with van der Waals surface area (Å²) in [6, 6.07) is 9.35. The molecule has 2 aromatic rings. The number of nitrogens with one attached hydrogen (secondary N) is 2. The quantitative estimate of drug-likeness (QED) is 0.778. The number of nitrogens with zero attached hydrogens (tertiary/aromatic N) is 2. The Morgan fingerprint density at radius 3 is 2.86 bits per heavy atom. The molecular formula is C15H18N4O3. The van der Waals surface area contributed by atoms with Crippen molar-refractivity contribution in [1.82, 2.24) is 20.1 Å². The SMILES string of the molecule is O=C(c1n[nH]c(=O)[nH]1)N1CCC[C@@H]1C[C@H](O)c1ccccc1. The van der Waals surface area contributed by atoms with Crippen LogP contribution in [0, 0.1) is 0 Å². The largest absolute Gasteiger partial charge is 0.388 e. The zero-order valence-electron chi connectivity index (χ0n) is 12.0. The van der Waals surface area contributed by atoms with E-state index >= 15 is 0 Å². The van der Waals surface area contributed by atoms with Crippen molar-refractivity contribution in [2.75, 3.05) is 6.54 Å². The smallest absolute Gasteiger partial charge is 0.341 e. The molecule has 1 aliphatic heterocycles. The fourth-order valence-corrected chi connectivity index (χ4v) is 2.92. The number of hydrogen-bond donors (Lipinski definition) is 3. The normalized spacial score (nSPS) is 19.3. The van der Waals surface area contributed by atoms with Crippen LogP contribution in [0.15, 0.2) is 35.1 Å². The molecule has 2 atom stereocenters. The van der Waals surface area contributed by atoms with Gasteiger partial charge in [0.05, 0.1) is 6.10 Å². The molecule has 3 N–H and O–H groups in total. The molecule has 3 rings (SSSR count). The lowest BCUT2D eigenvalue weighted by molar-refractivity contribution is 0.0655. The van der Waals surface area contributed by atoms with Gasteiger partial charge in [0.2, 0.25) is 5.82 Å². The monoisotopic (exact) mass is 302 g/mol. The summed E-state index contributed by atoms with van der Waals surface area (Å²) >= 11 is 0. The van der Waals surface area contributed by atoms with Crippen LogP contribution in [0.2, 0.25) is 0 Å². The first-order valence-corrected chi connectivity index (χ1v) is 7.34. The molecule has 7 nitrogen and oxygen atoms in total. The minimum absolute atomic E-state index is 0.0195. The van der Waals surface area contributed by atoms with Gasteiger partial charge in [-0.1, -0.05) is 30.3 Å². The van der Waals surface area contributed by atoms with Gasteiger partial charge in [-0.25, -0.2) is 9.89 Å². The summed E-state index contributed by atoms with van der Waals surface area (Å²) in [4.78, 5) is 27.5. The van der Waals surface area contributed by atoms with Gasteiger partial charge in [-0.2, -0.15) is 0 Å². The number of carbonyl (C=O) groups excluding carboxylic acids is 1. The Hall–Kier alpha value is -2.41. The van der Waals surface area contributed by atoms with Crippen molar-refractivity contribution in [3.8, 4) is 0 Å². The number of likely N-dealkylation sites (tertiary alicyclic amines) is 1. The van der Waals surface area contributed by atoms with Crippen molar-refractivity contribution < 1.29 is 9.90 Å². The van der Waals surface area contributed by atoms with Gasteiger partial charge in [0.25, 0.3) is 5.91 Å². The highest BCUT2D eigenvalue weighted by molar-refractivity contribution is 5.90. The highest BCUT2D eigenvalue weighted by atomic mass is 16.3. The average Bonchev–Trinajstić information content (AvgIpc) is 3.16. The first-order chi connectivity index (χ1) is 10.6. The number of aliphatic hydroxyl groups excluding tert-OH is 1. The van der Waals surface area contributed by atoms with Crippen LogP contribution in [-0.4, -0.2) is 43.7 Å². The van der Waals surface area contributed by atoms with Crippen molar-refractivity contribution >= 4 is 5.91 Å². The van der Waals surface area contributed by atoms with Gasteiger partial charge in [-0.05, 0) is 24.8 Å². The third-order valence-electron chi connectivity index (χ3n) is 4.02. The number of aromatic amines is 2. The van der Waals surface area contributed by atoms with Gasteiger partial charge >= 0.3 is 5.69 Å². The Kier molecular flexibility index (Phi) is 4.06. The number of benzene rings is 1. The van der Waals surface area contributed by atoms with Crippen molar-refractivity contribution in [2.24, 2.45) is 0 Å². The van der Waals surface area contributed by atoms with E-state index in [0.29, 0.717) is 13.0 Å². The number of aliphatic hydroxyl groups is 1. The zero-order valence-corrected chi connectivity index (χ0v) is 12.0. The standard InChI is InChI=1S/C15H18N4O3/c20-12(10-5-2-1-3-6-10)9-11-7-4-8-19(11)14(21)13-16-15(22)18-17-13/h1-3,5-6,11-12,20H,4,7-9H2,(H2,16,17,18,22)/t11-,12+/m1/s1. The van der Waals surface area contributed by atoms with Gasteiger partial charge in [0.1, 0.15) is 0 Å². The van der Waals surface area contributed by atoms with Crippen LogP contribution >= 0.6 is 0 Å². The third kappa shape index (κ3) is 2.94. The molecule has 22 heavy (non-hydrogen) atoms. The van der Waals surface area contributed by atoms with Crippen LogP contribution in [0.4, 0.5) is 0 Å². The number of carbonyl (C=O) groups is 1. The molecule has 0 unspecified atom stereocenters. The van der Waals surface area contributed by atoms with Gasteiger partial charge in [-0.15, -0.1) is 5.10 Å². The lowest BCUT2D eigenvalue weighted by Crippen LogP contribution is -2.37. The maximum absolute atomic E-state index is 12.4. The minimum Gasteiger partial charge on any atom is -0.388 e. The molecule has 1 amide bonds. The molecule has 1 aliphatic rings.